The number of rotatable bonds is 18. The molecule has 0 aromatic heterocycles. The summed E-state index contributed by atoms with van der Waals surface area (Å²) in [5.41, 5.74) is 1.19. The van der Waals surface area contributed by atoms with Crippen molar-refractivity contribution in [3.05, 3.63) is 48.0 Å². The minimum absolute atomic E-state index is 0.0296. The van der Waals surface area contributed by atoms with Crippen LogP contribution < -0.4 is 0 Å². The fourth-order valence-electron chi connectivity index (χ4n) is 5.12. The van der Waals surface area contributed by atoms with Crippen LogP contribution in [0.5, 0.6) is 0 Å². The summed E-state index contributed by atoms with van der Waals surface area (Å²) in [6.45, 7) is -0.505. The van der Waals surface area contributed by atoms with E-state index in [1.54, 1.807) is 0 Å². The van der Waals surface area contributed by atoms with Gasteiger partial charge in [0.05, 0.1) is 24.9 Å². The SMILES string of the molecule is C#CCC(CC#C)COC(=O)OCOC(=O)CCC/C=C\C[C@@H]1[C@@H](CC[C@@H](O)CCc2ccccc2)[C@H](O)C[C@@H]1O. The second-order valence-electron chi connectivity index (χ2n) is 10.6. The van der Waals surface area contributed by atoms with Gasteiger partial charge in [-0.2, -0.15) is 0 Å². The lowest BCUT2D eigenvalue weighted by Gasteiger charge is -2.23. The Balaban J connectivity index is 1.59. The van der Waals surface area contributed by atoms with Crippen LogP contribution in [0.4, 0.5) is 4.79 Å². The van der Waals surface area contributed by atoms with Crippen LogP contribution in [0.2, 0.25) is 0 Å². The molecule has 1 aromatic rings. The molecule has 0 bridgehead atoms. The number of carbonyl (C=O) groups excluding carboxylic acids is 2. The lowest BCUT2D eigenvalue weighted by atomic mass is 9.85. The van der Waals surface area contributed by atoms with Crippen LogP contribution >= 0.6 is 0 Å². The van der Waals surface area contributed by atoms with Gasteiger partial charge in [0, 0.05) is 25.2 Å². The van der Waals surface area contributed by atoms with Gasteiger partial charge >= 0.3 is 12.1 Å². The fourth-order valence-corrected chi connectivity index (χ4v) is 5.12. The molecule has 41 heavy (non-hydrogen) atoms. The highest BCUT2D eigenvalue weighted by Gasteiger charge is 2.40. The Bertz CT molecular complexity index is 992. The largest absolute Gasteiger partial charge is 0.511 e. The van der Waals surface area contributed by atoms with Gasteiger partial charge in [-0.25, -0.2) is 4.79 Å². The number of hydrogen-bond acceptors (Lipinski definition) is 8. The van der Waals surface area contributed by atoms with Crippen LogP contribution in [0.1, 0.15) is 69.8 Å². The molecule has 1 aromatic carbocycles. The Labute approximate surface area is 244 Å². The molecule has 1 saturated carbocycles. The summed E-state index contributed by atoms with van der Waals surface area (Å²) in [5, 5.41) is 31.4. The zero-order chi connectivity index (χ0) is 29.9. The molecule has 8 nitrogen and oxygen atoms in total. The number of ether oxygens (including phenoxy) is 3. The first-order valence-electron chi connectivity index (χ1n) is 14.4. The number of unbranched alkanes of at least 4 members (excludes halogenated alkanes) is 1. The van der Waals surface area contributed by atoms with Crippen LogP contribution in [0.15, 0.2) is 42.5 Å². The predicted octanol–water partition coefficient (Wildman–Crippen LogP) is 4.55. The molecule has 1 aliphatic carbocycles. The Kier molecular flexibility index (Phi) is 16.3. The van der Waals surface area contributed by atoms with Crippen LogP contribution in [0.25, 0.3) is 0 Å². The smallest absolute Gasteiger partial charge is 0.434 e. The molecule has 5 atom stereocenters. The number of aryl methyl sites for hydroxylation is 1. The van der Waals surface area contributed by atoms with Crippen molar-refractivity contribution in [3.63, 3.8) is 0 Å². The van der Waals surface area contributed by atoms with E-state index in [2.05, 4.69) is 11.8 Å². The first-order chi connectivity index (χ1) is 19.8. The highest BCUT2D eigenvalue weighted by molar-refractivity contribution is 5.69. The molecule has 224 valence electrons. The van der Waals surface area contributed by atoms with Crippen molar-refractivity contribution in [3.8, 4) is 24.7 Å². The zero-order valence-electron chi connectivity index (χ0n) is 23.7. The van der Waals surface area contributed by atoms with Crippen LogP contribution in [0, 0.1) is 42.4 Å². The van der Waals surface area contributed by atoms with Gasteiger partial charge in [-0.1, -0.05) is 42.5 Å². The number of terminal acetylenes is 2. The van der Waals surface area contributed by atoms with Gasteiger partial charge in [-0.3, -0.25) is 4.79 Å². The van der Waals surface area contributed by atoms with Crippen LogP contribution in [0.3, 0.4) is 0 Å². The van der Waals surface area contributed by atoms with Gasteiger partial charge in [-0.05, 0) is 68.8 Å². The van der Waals surface area contributed by atoms with Crippen molar-refractivity contribution >= 4 is 12.1 Å². The molecule has 2 rings (SSSR count). The van der Waals surface area contributed by atoms with Gasteiger partial charge in [-0.15, -0.1) is 24.7 Å². The van der Waals surface area contributed by atoms with E-state index in [9.17, 15) is 24.9 Å². The standard InChI is InChI=1S/C33H44O8/c1-3-12-26(13-4-2)23-39-33(38)41-24-40-32(37)17-11-6-5-10-16-28-29(31(36)22-30(28)35)21-20-27(34)19-18-25-14-8-7-9-15-25/h1-2,5,7-10,14-15,26-31,34-36H,6,11-13,16-24H2/b10-5-/t27-,28+,29+,30-,31+/m0/s1. The summed E-state index contributed by atoms with van der Waals surface area (Å²) in [6.07, 6.45) is 17.7. The van der Waals surface area contributed by atoms with Crippen molar-refractivity contribution in [1.82, 2.24) is 0 Å². The highest BCUT2D eigenvalue weighted by atomic mass is 16.8. The maximum Gasteiger partial charge on any atom is 0.511 e. The quantitative estimate of drug-likeness (QED) is 0.0775. The molecular formula is C33H44O8. The van der Waals surface area contributed by atoms with Crippen LogP contribution in [-0.4, -0.2) is 59.2 Å². The Morgan fingerprint density at radius 3 is 2.39 bits per heavy atom. The summed E-state index contributed by atoms with van der Waals surface area (Å²) in [7, 11) is 0. The van der Waals surface area contributed by atoms with Crippen molar-refractivity contribution < 1.29 is 39.1 Å². The second-order valence-corrected chi connectivity index (χ2v) is 10.6. The summed E-state index contributed by atoms with van der Waals surface area (Å²) >= 11 is 0. The normalized spacial score (nSPS) is 20.8. The second kappa shape index (κ2) is 19.7. The number of benzene rings is 1. The molecule has 0 amide bonds. The Morgan fingerprint density at radius 2 is 1.68 bits per heavy atom. The van der Waals surface area contributed by atoms with Crippen molar-refractivity contribution in [2.24, 2.45) is 17.8 Å². The van der Waals surface area contributed by atoms with Crippen molar-refractivity contribution in [2.45, 2.75) is 88.9 Å². The minimum Gasteiger partial charge on any atom is -0.434 e. The molecule has 0 spiro atoms. The summed E-state index contributed by atoms with van der Waals surface area (Å²) in [6, 6.07) is 10.0. The average molecular weight is 569 g/mol. The number of allylic oxidation sites excluding steroid dienone is 2. The van der Waals surface area contributed by atoms with E-state index < -0.39 is 37.2 Å². The van der Waals surface area contributed by atoms with Gasteiger partial charge < -0.3 is 29.5 Å². The number of esters is 1. The topological polar surface area (TPSA) is 123 Å². The van der Waals surface area contributed by atoms with E-state index in [1.807, 2.05) is 42.5 Å². The van der Waals surface area contributed by atoms with E-state index in [4.69, 9.17) is 27.1 Å². The molecular weight excluding hydrogens is 524 g/mol. The Morgan fingerprint density at radius 1 is 0.976 bits per heavy atom. The highest BCUT2D eigenvalue weighted by Crippen LogP contribution is 2.38. The van der Waals surface area contributed by atoms with Gasteiger partial charge in [0.2, 0.25) is 6.79 Å². The van der Waals surface area contributed by atoms with Crippen molar-refractivity contribution in [2.75, 3.05) is 13.4 Å². The van der Waals surface area contributed by atoms with E-state index in [1.165, 1.54) is 5.56 Å². The molecule has 0 unspecified atom stereocenters. The van der Waals surface area contributed by atoms with Gasteiger partial charge in [0.25, 0.3) is 0 Å². The predicted molar refractivity (Wildman–Crippen MR) is 155 cm³/mol. The molecule has 0 saturated heterocycles. The van der Waals surface area contributed by atoms with Gasteiger partial charge in [0.1, 0.15) is 0 Å². The Hall–Kier alpha value is -3.30. The molecule has 1 fully saturated rings. The van der Waals surface area contributed by atoms with E-state index in [0.29, 0.717) is 57.8 Å². The monoisotopic (exact) mass is 568 g/mol. The zero-order valence-corrected chi connectivity index (χ0v) is 23.7. The molecule has 8 heteroatoms. The number of carbonyl (C=O) groups is 2. The first kappa shape index (κ1) is 33.9. The average Bonchev–Trinajstić information content (AvgIpc) is 3.23. The lowest BCUT2D eigenvalue weighted by Crippen LogP contribution is -2.23. The lowest BCUT2D eigenvalue weighted by molar-refractivity contribution is -0.153. The van der Waals surface area contributed by atoms with E-state index in [-0.39, 0.29) is 30.8 Å². The molecule has 3 N–H and O–H groups in total. The molecule has 0 radical (unpaired) electrons. The molecule has 0 heterocycles. The number of aliphatic hydroxyl groups excluding tert-OH is 3. The van der Waals surface area contributed by atoms with E-state index in [0.717, 1.165) is 6.42 Å². The number of hydrogen-bond donors (Lipinski definition) is 3. The maximum absolute atomic E-state index is 11.9. The van der Waals surface area contributed by atoms with Crippen molar-refractivity contribution in [1.29, 1.82) is 0 Å². The fraction of sp³-hybridized carbons (Fsp3) is 0.576. The third-order valence-electron chi connectivity index (χ3n) is 7.44. The number of aliphatic hydroxyl groups is 3. The third-order valence-corrected chi connectivity index (χ3v) is 7.44. The maximum atomic E-state index is 11.9. The van der Waals surface area contributed by atoms with E-state index >= 15 is 0 Å². The third kappa shape index (κ3) is 13.7. The molecule has 1 aliphatic rings. The van der Waals surface area contributed by atoms with Crippen LogP contribution in [-0.2, 0) is 25.4 Å². The van der Waals surface area contributed by atoms with Gasteiger partial charge in [0.15, 0.2) is 0 Å². The minimum atomic E-state index is -0.959. The summed E-state index contributed by atoms with van der Waals surface area (Å²) in [5.74, 6) is 4.16. The summed E-state index contributed by atoms with van der Waals surface area (Å²) in [4.78, 5) is 23.5. The summed E-state index contributed by atoms with van der Waals surface area (Å²) < 4.78 is 14.6. The first-order valence-corrected chi connectivity index (χ1v) is 14.4. The molecule has 0 aliphatic heterocycles.